The third-order valence-electron chi connectivity index (χ3n) is 2.72. The lowest BCUT2D eigenvalue weighted by Gasteiger charge is -2.14. The lowest BCUT2D eigenvalue weighted by molar-refractivity contribution is -0.121. The summed E-state index contributed by atoms with van der Waals surface area (Å²) < 4.78 is 1.83. The van der Waals surface area contributed by atoms with Gasteiger partial charge in [0.1, 0.15) is 12.2 Å². The number of amides is 1. The van der Waals surface area contributed by atoms with Gasteiger partial charge in [-0.3, -0.25) is 4.79 Å². The summed E-state index contributed by atoms with van der Waals surface area (Å²) in [6.45, 7) is 5.00. The highest BCUT2D eigenvalue weighted by molar-refractivity contribution is 5.78. The van der Waals surface area contributed by atoms with Gasteiger partial charge in [0.05, 0.1) is 13.1 Å². The van der Waals surface area contributed by atoms with Gasteiger partial charge in [0.25, 0.3) is 0 Å². The molecule has 0 aliphatic heterocycles. The van der Waals surface area contributed by atoms with Crippen molar-refractivity contribution in [3.63, 3.8) is 0 Å². The Kier molecular flexibility index (Phi) is 5.62. The summed E-state index contributed by atoms with van der Waals surface area (Å²) in [4.78, 5) is 11.6. The quantitative estimate of drug-likeness (QED) is 0.713. The molecule has 17 heavy (non-hydrogen) atoms. The van der Waals surface area contributed by atoms with Crippen LogP contribution < -0.4 is 10.6 Å². The SMILES string of the molecule is CCC(CC)NC(=O)CNCc1nncn1C. The molecule has 0 saturated carbocycles. The fourth-order valence-electron chi connectivity index (χ4n) is 1.53. The van der Waals surface area contributed by atoms with Crippen LogP contribution in [-0.2, 0) is 18.4 Å². The summed E-state index contributed by atoms with van der Waals surface area (Å²) >= 11 is 0. The normalized spacial score (nSPS) is 10.8. The molecule has 1 aromatic heterocycles. The van der Waals surface area contributed by atoms with Crippen molar-refractivity contribution in [3.05, 3.63) is 12.2 Å². The van der Waals surface area contributed by atoms with E-state index in [2.05, 4.69) is 34.7 Å². The van der Waals surface area contributed by atoms with Crippen LogP contribution in [0.3, 0.4) is 0 Å². The molecule has 0 saturated heterocycles. The van der Waals surface area contributed by atoms with Crippen molar-refractivity contribution >= 4 is 5.91 Å². The van der Waals surface area contributed by atoms with Gasteiger partial charge in [-0.05, 0) is 12.8 Å². The van der Waals surface area contributed by atoms with Gasteiger partial charge < -0.3 is 15.2 Å². The maximum absolute atomic E-state index is 11.6. The van der Waals surface area contributed by atoms with Gasteiger partial charge in [0, 0.05) is 13.1 Å². The molecule has 0 unspecified atom stereocenters. The average molecular weight is 239 g/mol. The van der Waals surface area contributed by atoms with Crippen LogP contribution in [0.15, 0.2) is 6.33 Å². The topological polar surface area (TPSA) is 71.8 Å². The van der Waals surface area contributed by atoms with Crippen molar-refractivity contribution in [3.8, 4) is 0 Å². The molecule has 1 rings (SSSR count). The Balaban J connectivity index is 2.22. The Bertz CT molecular complexity index is 345. The summed E-state index contributed by atoms with van der Waals surface area (Å²) in [7, 11) is 1.88. The number of nitrogens with one attached hydrogen (secondary N) is 2. The molecule has 0 radical (unpaired) electrons. The molecule has 96 valence electrons. The van der Waals surface area contributed by atoms with Crippen LogP contribution in [0.25, 0.3) is 0 Å². The number of nitrogens with zero attached hydrogens (tertiary/aromatic N) is 3. The number of aryl methyl sites for hydroxylation is 1. The fraction of sp³-hybridized carbons (Fsp3) is 0.727. The average Bonchev–Trinajstić information content (AvgIpc) is 2.72. The van der Waals surface area contributed by atoms with Crippen LogP contribution in [0.2, 0.25) is 0 Å². The second-order valence-corrected chi connectivity index (χ2v) is 4.04. The number of hydrogen-bond acceptors (Lipinski definition) is 4. The standard InChI is InChI=1S/C11H21N5O/c1-4-9(5-2)14-11(17)7-12-6-10-15-13-8-16(10)3/h8-9,12H,4-7H2,1-3H3,(H,14,17). The van der Waals surface area contributed by atoms with Crippen molar-refractivity contribution in [2.45, 2.75) is 39.3 Å². The van der Waals surface area contributed by atoms with E-state index < -0.39 is 0 Å². The van der Waals surface area contributed by atoms with E-state index >= 15 is 0 Å². The Morgan fingerprint density at radius 3 is 2.71 bits per heavy atom. The lowest BCUT2D eigenvalue weighted by atomic mass is 10.2. The van der Waals surface area contributed by atoms with E-state index in [-0.39, 0.29) is 11.9 Å². The molecule has 0 bridgehead atoms. The van der Waals surface area contributed by atoms with Gasteiger partial charge in [0.15, 0.2) is 0 Å². The van der Waals surface area contributed by atoms with Gasteiger partial charge >= 0.3 is 0 Å². The maximum Gasteiger partial charge on any atom is 0.234 e. The third kappa shape index (κ3) is 4.52. The Morgan fingerprint density at radius 2 is 2.18 bits per heavy atom. The highest BCUT2D eigenvalue weighted by atomic mass is 16.1. The molecule has 1 aromatic rings. The van der Waals surface area contributed by atoms with E-state index in [0.717, 1.165) is 18.7 Å². The van der Waals surface area contributed by atoms with E-state index in [1.54, 1.807) is 6.33 Å². The zero-order chi connectivity index (χ0) is 12.7. The van der Waals surface area contributed by atoms with Crippen LogP contribution in [0, 0.1) is 0 Å². The first kappa shape index (κ1) is 13.6. The molecule has 1 amide bonds. The van der Waals surface area contributed by atoms with Crippen LogP contribution in [0.1, 0.15) is 32.5 Å². The lowest BCUT2D eigenvalue weighted by Crippen LogP contribution is -2.39. The molecular weight excluding hydrogens is 218 g/mol. The molecule has 6 nitrogen and oxygen atoms in total. The van der Waals surface area contributed by atoms with Crippen molar-refractivity contribution < 1.29 is 4.79 Å². The first-order valence-electron chi connectivity index (χ1n) is 6.00. The third-order valence-corrected chi connectivity index (χ3v) is 2.72. The molecule has 0 spiro atoms. The van der Waals surface area contributed by atoms with Crippen molar-refractivity contribution in [1.82, 2.24) is 25.4 Å². The molecule has 0 fully saturated rings. The molecular formula is C11H21N5O. The minimum absolute atomic E-state index is 0.0286. The van der Waals surface area contributed by atoms with Gasteiger partial charge in [-0.15, -0.1) is 10.2 Å². The summed E-state index contributed by atoms with van der Waals surface area (Å²) in [5.74, 6) is 0.848. The predicted octanol–water partition coefficient (Wildman–Crippen LogP) is 0.210. The highest BCUT2D eigenvalue weighted by Gasteiger charge is 2.08. The molecule has 0 aliphatic carbocycles. The van der Waals surface area contributed by atoms with Crippen molar-refractivity contribution in [1.29, 1.82) is 0 Å². The zero-order valence-electron chi connectivity index (χ0n) is 10.7. The Hall–Kier alpha value is -1.43. The van der Waals surface area contributed by atoms with E-state index in [1.807, 2.05) is 11.6 Å². The van der Waals surface area contributed by atoms with Gasteiger partial charge in [-0.1, -0.05) is 13.8 Å². The minimum Gasteiger partial charge on any atom is -0.352 e. The Labute approximate surface area is 102 Å². The van der Waals surface area contributed by atoms with E-state index in [4.69, 9.17) is 0 Å². The van der Waals surface area contributed by atoms with Crippen LogP contribution in [0.5, 0.6) is 0 Å². The number of carbonyl (C=O) groups excluding carboxylic acids is 1. The van der Waals surface area contributed by atoms with Gasteiger partial charge in [0.2, 0.25) is 5.91 Å². The molecule has 2 N–H and O–H groups in total. The van der Waals surface area contributed by atoms with Gasteiger partial charge in [-0.25, -0.2) is 0 Å². The summed E-state index contributed by atoms with van der Waals surface area (Å²) in [5.41, 5.74) is 0. The number of rotatable bonds is 7. The van der Waals surface area contributed by atoms with Crippen LogP contribution in [-0.4, -0.2) is 33.3 Å². The monoisotopic (exact) mass is 239 g/mol. The van der Waals surface area contributed by atoms with E-state index in [1.165, 1.54) is 0 Å². The van der Waals surface area contributed by atoms with Crippen molar-refractivity contribution in [2.75, 3.05) is 6.54 Å². The minimum atomic E-state index is 0.0286. The molecule has 0 aliphatic rings. The van der Waals surface area contributed by atoms with Crippen LogP contribution >= 0.6 is 0 Å². The molecule has 0 aromatic carbocycles. The zero-order valence-corrected chi connectivity index (χ0v) is 10.7. The van der Waals surface area contributed by atoms with E-state index in [9.17, 15) is 4.79 Å². The largest absolute Gasteiger partial charge is 0.352 e. The second-order valence-electron chi connectivity index (χ2n) is 4.04. The van der Waals surface area contributed by atoms with Crippen LogP contribution in [0.4, 0.5) is 0 Å². The van der Waals surface area contributed by atoms with E-state index in [0.29, 0.717) is 13.1 Å². The molecule has 1 heterocycles. The maximum atomic E-state index is 11.6. The fourth-order valence-corrected chi connectivity index (χ4v) is 1.53. The number of aromatic nitrogens is 3. The van der Waals surface area contributed by atoms with Crippen molar-refractivity contribution in [2.24, 2.45) is 7.05 Å². The van der Waals surface area contributed by atoms with Gasteiger partial charge in [-0.2, -0.15) is 0 Å². The Morgan fingerprint density at radius 1 is 1.47 bits per heavy atom. The number of hydrogen-bond donors (Lipinski definition) is 2. The summed E-state index contributed by atoms with van der Waals surface area (Å²) in [6.07, 6.45) is 3.57. The smallest absolute Gasteiger partial charge is 0.234 e. The number of carbonyl (C=O) groups is 1. The first-order valence-corrected chi connectivity index (χ1v) is 6.00. The summed E-state index contributed by atoms with van der Waals surface area (Å²) in [5, 5.41) is 13.7. The first-order chi connectivity index (χ1) is 8.17. The second kappa shape index (κ2) is 7.01. The highest BCUT2D eigenvalue weighted by Crippen LogP contribution is 1.95. The predicted molar refractivity (Wildman–Crippen MR) is 65.2 cm³/mol. The molecule has 6 heteroatoms. The summed E-state index contributed by atoms with van der Waals surface area (Å²) in [6, 6.07) is 0.277. The molecule has 0 atom stereocenters.